The molecule has 0 amide bonds. The van der Waals surface area contributed by atoms with Gasteiger partial charge in [-0.05, 0) is 25.8 Å². The summed E-state index contributed by atoms with van der Waals surface area (Å²) in [5, 5.41) is 3.15. The van der Waals surface area contributed by atoms with Gasteiger partial charge in [0.2, 0.25) is 0 Å². The summed E-state index contributed by atoms with van der Waals surface area (Å²) in [5.41, 5.74) is 1.41. The third-order valence-electron chi connectivity index (χ3n) is 2.74. The van der Waals surface area contributed by atoms with Gasteiger partial charge in [-0.2, -0.15) is 0 Å². The van der Waals surface area contributed by atoms with Crippen LogP contribution in [0.1, 0.15) is 24.9 Å². The van der Waals surface area contributed by atoms with Crippen LogP contribution in [0.5, 0.6) is 0 Å². The molecule has 0 spiro atoms. The van der Waals surface area contributed by atoms with Crippen molar-refractivity contribution in [2.75, 3.05) is 7.05 Å². The average molecular weight is 179 g/mol. The standard InChI is InChI=1S/C10H17N3/c1-8-3-4-9-5-12-10(6-11-2)13(9)7-8/h5,8,11H,3-4,6-7H2,1-2H3. The zero-order valence-electron chi connectivity index (χ0n) is 8.38. The van der Waals surface area contributed by atoms with Crippen LogP contribution in [0.25, 0.3) is 0 Å². The molecule has 1 unspecified atom stereocenters. The smallest absolute Gasteiger partial charge is 0.122 e. The Balaban J connectivity index is 2.25. The van der Waals surface area contributed by atoms with Crippen molar-refractivity contribution in [3.05, 3.63) is 17.7 Å². The van der Waals surface area contributed by atoms with Crippen molar-refractivity contribution in [1.82, 2.24) is 14.9 Å². The van der Waals surface area contributed by atoms with Crippen LogP contribution in [0.2, 0.25) is 0 Å². The van der Waals surface area contributed by atoms with Gasteiger partial charge in [0.15, 0.2) is 0 Å². The lowest BCUT2D eigenvalue weighted by Crippen LogP contribution is -2.21. The molecule has 0 radical (unpaired) electrons. The van der Waals surface area contributed by atoms with E-state index in [0.717, 1.165) is 19.0 Å². The summed E-state index contributed by atoms with van der Waals surface area (Å²) in [5.74, 6) is 1.99. The number of hydrogen-bond donors (Lipinski definition) is 1. The molecule has 1 N–H and O–H groups in total. The summed E-state index contributed by atoms with van der Waals surface area (Å²) < 4.78 is 2.37. The quantitative estimate of drug-likeness (QED) is 0.739. The van der Waals surface area contributed by atoms with Crippen molar-refractivity contribution in [2.45, 2.75) is 32.9 Å². The van der Waals surface area contributed by atoms with Crippen LogP contribution in [0, 0.1) is 5.92 Å². The molecule has 1 aromatic rings. The SMILES string of the molecule is CNCc1ncc2n1CC(C)CC2. The molecular formula is C10H17N3. The first-order valence-electron chi connectivity index (χ1n) is 4.99. The number of aromatic nitrogens is 2. The van der Waals surface area contributed by atoms with E-state index in [4.69, 9.17) is 0 Å². The van der Waals surface area contributed by atoms with Crippen molar-refractivity contribution >= 4 is 0 Å². The molecule has 72 valence electrons. The third-order valence-corrected chi connectivity index (χ3v) is 2.74. The van der Waals surface area contributed by atoms with Crippen LogP contribution in [0.15, 0.2) is 6.20 Å². The number of imidazole rings is 1. The zero-order valence-corrected chi connectivity index (χ0v) is 8.38. The van der Waals surface area contributed by atoms with Gasteiger partial charge in [-0.1, -0.05) is 6.92 Å². The minimum Gasteiger partial charge on any atom is -0.331 e. The van der Waals surface area contributed by atoms with Gasteiger partial charge in [0.05, 0.1) is 6.54 Å². The first-order valence-corrected chi connectivity index (χ1v) is 4.99. The fourth-order valence-electron chi connectivity index (χ4n) is 1.97. The molecule has 0 saturated heterocycles. The molecule has 1 aromatic heterocycles. The zero-order chi connectivity index (χ0) is 9.26. The second-order valence-electron chi connectivity index (χ2n) is 3.95. The Hall–Kier alpha value is -0.830. The first kappa shape index (κ1) is 8.75. The molecule has 0 fully saturated rings. The lowest BCUT2D eigenvalue weighted by molar-refractivity contribution is 0.389. The molecule has 0 aromatic carbocycles. The Morgan fingerprint density at radius 2 is 2.54 bits per heavy atom. The van der Waals surface area contributed by atoms with Crippen LogP contribution in [0.3, 0.4) is 0 Å². The molecule has 2 rings (SSSR count). The Kier molecular flexibility index (Phi) is 2.36. The van der Waals surface area contributed by atoms with Crippen LogP contribution in [-0.2, 0) is 19.5 Å². The number of aryl methyl sites for hydroxylation is 1. The Morgan fingerprint density at radius 1 is 1.69 bits per heavy atom. The lowest BCUT2D eigenvalue weighted by atomic mass is 10.0. The topological polar surface area (TPSA) is 29.9 Å². The van der Waals surface area contributed by atoms with E-state index in [2.05, 4.69) is 21.8 Å². The summed E-state index contributed by atoms with van der Waals surface area (Å²) in [6.45, 7) is 4.34. The van der Waals surface area contributed by atoms with E-state index in [1.54, 1.807) is 0 Å². The molecule has 0 saturated carbocycles. The first-order chi connectivity index (χ1) is 6.31. The van der Waals surface area contributed by atoms with Gasteiger partial charge in [-0.3, -0.25) is 0 Å². The fraction of sp³-hybridized carbons (Fsp3) is 0.700. The van der Waals surface area contributed by atoms with Crippen LogP contribution >= 0.6 is 0 Å². The largest absolute Gasteiger partial charge is 0.331 e. The number of hydrogen-bond acceptors (Lipinski definition) is 2. The van der Waals surface area contributed by atoms with E-state index >= 15 is 0 Å². The van der Waals surface area contributed by atoms with E-state index in [1.165, 1.54) is 24.4 Å². The lowest BCUT2D eigenvalue weighted by Gasteiger charge is -2.22. The number of rotatable bonds is 2. The maximum Gasteiger partial charge on any atom is 0.122 e. The van der Waals surface area contributed by atoms with Crippen LogP contribution in [-0.4, -0.2) is 16.6 Å². The van der Waals surface area contributed by atoms with Gasteiger partial charge in [0.1, 0.15) is 5.82 Å². The molecule has 1 aliphatic rings. The second kappa shape index (κ2) is 3.50. The van der Waals surface area contributed by atoms with Crippen LogP contribution in [0.4, 0.5) is 0 Å². The predicted molar refractivity (Wildman–Crippen MR) is 52.5 cm³/mol. The Morgan fingerprint density at radius 3 is 3.31 bits per heavy atom. The fourth-order valence-corrected chi connectivity index (χ4v) is 1.97. The maximum absolute atomic E-state index is 4.42. The molecule has 2 heterocycles. The molecular weight excluding hydrogens is 162 g/mol. The van der Waals surface area contributed by atoms with Crippen molar-refractivity contribution in [3.63, 3.8) is 0 Å². The highest BCUT2D eigenvalue weighted by Crippen LogP contribution is 2.20. The molecule has 13 heavy (non-hydrogen) atoms. The highest BCUT2D eigenvalue weighted by atomic mass is 15.1. The van der Waals surface area contributed by atoms with E-state index in [9.17, 15) is 0 Å². The van der Waals surface area contributed by atoms with E-state index in [1.807, 2.05) is 13.2 Å². The normalized spacial score (nSPS) is 21.5. The van der Waals surface area contributed by atoms with E-state index in [-0.39, 0.29) is 0 Å². The molecule has 3 heteroatoms. The molecule has 1 aliphatic heterocycles. The molecule has 0 bridgehead atoms. The minimum absolute atomic E-state index is 0.803. The predicted octanol–water partition coefficient (Wildman–Crippen LogP) is 1.18. The summed E-state index contributed by atoms with van der Waals surface area (Å²) in [6, 6.07) is 0. The van der Waals surface area contributed by atoms with Gasteiger partial charge in [-0.15, -0.1) is 0 Å². The van der Waals surface area contributed by atoms with E-state index in [0.29, 0.717) is 0 Å². The van der Waals surface area contributed by atoms with Gasteiger partial charge >= 0.3 is 0 Å². The number of nitrogens with zero attached hydrogens (tertiary/aromatic N) is 2. The Labute approximate surface area is 79.2 Å². The van der Waals surface area contributed by atoms with Gasteiger partial charge in [0.25, 0.3) is 0 Å². The van der Waals surface area contributed by atoms with E-state index < -0.39 is 0 Å². The highest BCUT2D eigenvalue weighted by Gasteiger charge is 2.17. The molecule has 3 nitrogen and oxygen atoms in total. The van der Waals surface area contributed by atoms with Crippen molar-refractivity contribution < 1.29 is 0 Å². The molecule has 1 atom stereocenters. The van der Waals surface area contributed by atoms with Crippen molar-refractivity contribution in [1.29, 1.82) is 0 Å². The van der Waals surface area contributed by atoms with Gasteiger partial charge < -0.3 is 9.88 Å². The van der Waals surface area contributed by atoms with Crippen LogP contribution < -0.4 is 5.32 Å². The Bertz CT molecular complexity index is 290. The van der Waals surface area contributed by atoms with Crippen molar-refractivity contribution in [3.8, 4) is 0 Å². The van der Waals surface area contributed by atoms with Crippen molar-refractivity contribution in [2.24, 2.45) is 5.92 Å². The minimum atomic E-state index is 0.803. The summed E-state index contributed by atoms with van der Waals surface area (Å²) >= 11 is 0. The number of fused-ring (bicyclic) bond motifs is 1. The molecule has 0 aliphatic carbocycles. The average Bonchev–Trinajstić information content (AvgIpc) is 2.49. The number of nitrogens with one attached hydrogen (secondary N) is 1. The monoisotopic (exact) mass is 179 g/mol. The van der Waals surface area contributed by atoms with Gasteiger partial charge in [0, 0.05) is 18.4 Å². The summed E-state index contributed by atoms with van der Waals surface area (Å²) in [4.78, 5) is 4.42. The van der Waals surface area contributed by atoms with Gasteiger partial charge in [-0.25, -0.2) is 4.98 Å². The maximum atomic E-state index is 4.42. The summed E-state index contributed by atoms with van der Waals surface area (Å²) in [7, 11) is 1.97. The second-order valence-corrected chi connectivity index (χ2v) is 3.95. The highest BCUT2D eigenvalue weighted by molar-refractivity contribution is 5.08. The summed E-state index contributed by atoms with van der Waals surface area (Å²) in [6.07, 6.45) is 4.53. The third kappa shape index (κ3) is 1.61.